The SMILES string of the molecule is O=c1cc(C(F)(F)F)c2ccc(OC3O[C@H](CO)[C@H](O)[C@H](O)[C@H]3O)cc2o1. The molecule has 3 rings (SSSR count). The third-order valence-electron chi connectivity index (χ3n) is 4.12. The zero-order valence-electron chi connectivity index (χ0n) is 13.5. The molecule has 148 valence electrons. The second kappa shape index (κ2) is 7.09. The van der Waals surface area contributed by atoms with E-state index in [-0.39, 0.29) is 11.1 Å². The van der Waals surface area contributed by atoms with Crippen molar-refractivity contribution in [2.75, 3.05) is 6.61 Å². The molecule has 1 aliphatic heterocycles. The van der Waals surface area contributed by atoms with Gasteiger partial charge in [0.1, 0.15) is 35.7 Å². The highest BCUT2D eigenvalue weighted by molar-refractivity contribution is 5.82. The van der Waals surface area contributed by atoms with Gasteiger partial charge in [0, 0.05) is 17.5 Å². The largest absolute Gasteiger partial charge is 0.462 e. The van der Waals surface area contributed by atoms with Gasteiger partial charge in [-0.05, 0) is 12.1 Å². The van der Waals surface area contributed by atoms with Crippen LogP contribution in [0.2, 0.25) is 0 Å². The van der Waals surface area contributed by atoms with Crippen molar-refractivity contribution in [3.05, 3.63) is 40.2 Å². The van der Waals surface area contributed by atoms with E-state index >= 15 is 0 Å². The van der Waals surface area contributed by atoms with E-state index in [9.17, 15) is 33.3 Å². The van der Waals surface area contributed by atoms with Crippen LogP contribution in [0.3, 0.4) is 0 Å². The van der Waals surface area contributed by atoms with Gasteiger partial charge in [-0.2, -0.15) is 13.2 Å². The molecule has 0 radical (unpaired) electrons. The van der Waals surface area contributed by atoms with E-state index < -0.39 is 60.3 Å². The summed E-state index contributed by atoms with van der Waals surface area (Å²) in [5.41, 5.74) is -2.79. The predicted molar refractivity (Wildman–Crippen MR) is 81.9 cm³/mol. The molecule has 27 heavy (non-hydrogen) atoms. The van der Waals surface area contributed by atoms with Gasteiger partial charge in [-0.1, -0.05) is 0 Å². The van der Waals surface area contributed by atoms with Crippen LogP contribution in [-0.2, 0) is 10.9 Å². The Bertz CT molecular complexity index is 878. The Balaban J connectivity index is 1.93. The summed E-state index contributed by atoms with van der Waals surface area (Å²) in [4.78, 5) is 11.4. The predicted octanol–water partition coefficient (Wildman–Crippen LogP) is -0.00950. The van der Waals surface area contributed by atoms with Crippen LogP contribution < -0.4 is 10.4 Å². The fourth-order valence-electron chi connectivity index (χ4n) is 2.75. The lowest BCUT2D eigenvalue weighted by Crippen LogP contribution is -2.60. The number of hydrogen-bond acceptors (Lipinski definition) is 8. The first-order valence-corrected chi connectivity index (χ1v) is 7.74. The molecule has 1 aliphatic rings. The Morgan fingerprint density at radius 1 is 1.07 bits per heavy atom. The van der Waals surface area contributed by atoms with Crippen molar-refractivity contribution in [3.63, 3.8) is 0 Å². The van der Waals surface area contributed by atoms with Crippen LogP contribution >= 0.6 is 0 Å². The molecule has 0 aliphatic carbocycles. The highest BCUT2D eigenvalue weighted by Gasteiger charge is 2.44. The van der Waals surface area contributed by atoms with Crippen molar-refractivity contribution in [1.82, 2.24) is 0 Å². The minimum absolute atomic E-state index is 0.130. The molecule has 1 fully saturated rings. The molecule has 1 unspecified atom stereocenters. The van der Waals surface area contributed by atoms with Crippen LogP contribution in [0.1, 0.15) is 5.56 Å². The van der Waals surface area contributed by atoms with Gasteiger partial charge < -0.3 is 34.3 Å². The molecule has 0 amide bonds. The maximum atomic E-state index is 13.0. The molecule has 8 nitrogen and oxygen atoms in total. The Kier molecular flexibility index (Phi) is 5.14. The lowest BCUT2D eigenvalue weighted by Gasteiger charge is -2.39. The summed E-state index contributed by atoms with van der Waals surface area (Å²) >= 11 is 0. The van der Waals surface area contributed by atoms with E-state index in [1.807, 2.05) is 0 Å². The number of aliphatic hydroxyl groups is 4. The van der Waals surface area contributed by atoms with Gasteiger partial charge in [0.15, 0.2) is 0 Å². The van der Waals surface area contributed by atoms with Gasteiger partial charge in [0.2, 0.25) is 6.29 Å². The number of aliphatic hydroxyl groups excluding tert-OH is 4. The summed E-state index contributed by atoms with van der Waals surface area (Å²) in [6.45, 7) is -0.674. The first-order chi connectivity index (χ1) is 12.6. The number of ether oxygens (including phenoxy) is 2. The minimum atomic E-state index is -4.77. The maximum absolute atomic E-state index is 13.0. The fraction of sp³-hybridized carbons (Fsp3) is 0.438. The fourth-order valence-corrected chi connectivity index (χ4v) is 2.75. The third kappa shape index (κ3) is 3.77. The molecule has 0 saturated carbocycles. The molecule has 2 aromatic rings. The summed E-state index contributed by atoms with van der Waals surface area (Å²) in [5, 5.41) is 38.1. The number of hydrogen-bond donors (Lipinski definition) is 4. The number of fused-ring (bicyclic) bond motifs is 1. The maximum Gasteiger partial charge on any atom is 0.417 e. The standard InChI is InChI=1S/C16H15F3O8/c17-16(18,19)8-4-11(21)26-9-3-6(1-2-7(8)9)25-15-14(24)13(23)12(22)10(5-20)27-15/h1-4,10,12-15,20,22-24H,5H2/t10-,12+,13+,14-,15?/m1/s1. The smallest absolute Gasteiger partial charge is 0.417 e. The van der Waals surface area contributed by atoms with Gasteiger partial charge >= 0.3 is 11.8 Å². The molecule has 1 aromatic heterocycles. The molecule has 5 atom stereocenters. The lowest BCUT2D eigenvalue weighted by atomic mass is 9.99. The van der Waals surface area contributed by atoms with E-state index in [0.717, 1.165) is 18.2 Å². The number of benzene rings is 1. The molecule has 1 saturated heterocycles. The van der Waals surface area contributed by atoms with E-state index in [4.69, 9.17) is 19.0 Å². The quantitative estimate of drug-likeness (QED) is 0.537. The zero-order valence-corrected chi connectivity index (χ0v) is 13.5. The molecule has 1 aromatic carbocycles. The summed E-state index contributed by atoms with van der Waals surface area (Å²) in [5.74, 6) is -0.130. The molecule has 0 bridgehead atoms. The Labute approximate surface area is 149 Å². The molecule has 2 heterocycles. The second-order valence-corrected chi connectivity index (χ2v) is 5.95. The van der Waals surface area contributed by atoms with E-state index in [1.54, 1.807) is 0 Å². The van der Waals surface area contributed by atoms with Crippen molar-refractivity contribution >= 4 is 11.0 Å². The summed E-state index contributed by atoms with van der Waals surface area (Å²) in [7, 11) is 0. The Morgan fingerprint density at radius 2 is 1.78 bits per heavy atom. The van der Waals surface area contributed by atoms with Crippen LogP contribution in [0, 0.1) is 0 Å². The van der Waals surface area contributed by atoms with Crippen LogP contribution in [0.25, 0.3) is 11.0 Å². The Hall–Kier alpha value is -2.18. The van der Waals surface area contributed by atoms with Gasteiger partial charge in [0.05, 0.1) is 12.2 Å². The zero-order chi connectivity index (χ0) is 19.9. The summed E-state index contributed by atoms with van der Waals surface area (Å²) in [6, 6.07) is 3.47. The van der Waals surface area contributed by atoms with Crippen molar-refractivity contribution in [3.8, 4) is 5.75 Å². The van der Waals surface area contributed by atoms with Crippen molar-refractivity contribution in [2.24, 2.45) is 0 Å². The van der Waals surface area contributed by atoms with Crippen LogP contribution in [-0.4, -0.2) is 57.7 Å². The van der Waals surface area contributed by atoms with Crippen molar-refractivity contribution in [1.29, 1.82) is 0 Å². The number of halogens is 3. The van der Waals surface area contributed by atoms with Crippen molar-refractivity contribution < 1.29 is 47.5 Å². The Morgan fingerprint density at radius 3 is 2.41 bits per heavy atom. The topological polar surface area (TPSA) is 130 Å². The highest BCUT2D eigenvalue weighted by atomic mass is 19.4. The first-order valence-electron chi connectivity index (χ1n) is 7.74. The summed E-state index contributed by atoms with van der Waals surface area (Å²) < 4.78 is 54.3. The summed E-state index contributed by atoms with van der Waals surface area (Å²) in [6.07, 6.45) is -12.5. The number of rotatable bonds is 3. The van der Waals surface area contributed by atoms with Crippen LogP contribution in [0.5, 0.6) is 5.75 Å². The third-order valence-corrected chi connectivity index (χ3v) is 4.12. The van der Waals surface area contributed by atoms with Gasteiger partial charge in [-0.3, -0.25) is 0 Å². The monoisotopic (exact) mass is 392 g/mol. The van der Waals surface area contributed by atoms with Gasteiger partial charge in [-0.15, -0.1) is 0 Å². The van der Waals surface area contributed by atoms with Crippen molar-refractivity contribution in [2.45, 2.75) is 36.9 Å². The molecule has 4 N–H and O–H groups in total. The second-order valence-electron chi connectivity index (χ2n) is 5.95. The normalized spacial score (nSPS) is 29.1. The molecular formula is C16H15F3O8. The molecule has 0 spiro atoms. The van der Waals surface area contributed by atoms with E-state index in [0.29, 0.717) is 6.07 Å². The molecule has 11 heteroatoms. The molecular weight excluding hydrogens is 377 g/mol. The van der Waals surface area contributed by atoms with Gasteiger partial charge in [-0.25, -0.2) is 4.79 Å². The van der Waals surface area contributed by atoms with E-state index in [2.05, 4.69) is 0 Å². The average Bonchev–Trinajstić information content (AvgIpc) is 2.60. The number of alkyl halides is 3. The lowest BCUT2D eigenvalue weighted by molar-refractivity contribution is -0.277. The average molecular weight is 392 g/mol. The first kappa shape index (κ1) is 19.6. The van der Waals surface area contributed by atoms with Crippen LogP contribution in [0.4, 0.5) is 13.2 Å². The minimum Gasteiger partial charge on any atom is -0.462 e. The highest BCUT2D eigenvalue weighted by Crippen LogP contribution is 2.35. The van der Waals surface area contributed by atoms with Gasteiger partial charge in [0.25, 0.3) is 0 Å². The van der Waals surface area contributed by atoms with Crippen LogP contribution in [0.15, 0.2) is 33.5 Å². The van der Waals surface area contributed by atoms with E-state index in [1.165, 1.54) is 0 Å².